The highest BCUT2D eigenvalue weighted by Gasteiger charge is 2.56. The third-order valence-electron chi connectivity index (χ3n) is 3.27. The molecule has 1 fully saturated rings. The summed E-state index contributed by atoms with van der Waals surface area (Å²) in [7, 11) is 0. The number of nitriles is 1. The quantitative estimate of drug-likeness (QED) is 0.648. The molecule has 1 aromatic heterocycles. The molecule has 0 amide bonds. The Labute approximate surface area is 76.1 Å². The number of fused-ring (bicyclic) bond motifs is 3. The van der Waals surface area contributed by atoms with Gasteiger partial charge in [0.2, 0.25) is 0 Å². The average Bonchev–Trinajstić information content (AvgIpc) is 2.54. The standard InChI is InChI=1S/C10H9N3/c1-2-5-6-3-7-8(4-11)12-13-10(7)9(5)6/h2,5-6,9H,1,3H2,(H,12,13). The van der Waals surface area contributed by atoms with E-state index in [1.807, 2.05) is 6.08 Å². The SMILES string of the molecule is C=CC1C2Cc3c(n[nH]c3C#N)C12. The number of aromatic nitrogens is 2. The lowest BCUT2D eigenvalue weighted by Gasteiger charge is -1.95. The molecule has 1 heterocycles. The molecule has 0 aromatic carbocycles. The fraction of sp³-hybridized carbons (Fsp3) is 0.400. The smallest absolute Gasteiger partial charge is 0.138 e. The summed E-state index contributed by atoms with van der Waals surface area (Å²) in [5.41, 5.74) is 2.92. The zero-order chi connectivity index (χ0) is 9.00. The van der Waals surface area contributed by atoms with Crippen molar-refractivity contribution >= 4 is 0 Å². The number of aromatic amines is 1. The van der Waals surface area contributed by atoms with Crippen molar-refractivity contribution in [2.45, 2.75) is 12.3 Å². The lowest BCUT2D eigenvalue weighted by molar-refractivity contribution is 0.796. The lowest BCUT2D eigenvalue weighted by Crippen LogP contribution is -1.90. The number of hydrogen-bond acceptors (Lipinski definition) is 2. The van der Waals surface area contributed by atoms with E-state index in [9.17, 15) is 0 Å². The van der Waals surface area contributed by atoms with Crippen LogP contribution >= 0.6 is 0 Å². The van der Waals surface area contributed by atoms with E-state index in [1.54, 1.807) is 0 Å². The minimum atomic E-state index is 0.561. The number of nitrogens with one attached hydrogen (secondary N) is 1. The Bertz CT molecular complexity index is 424. The van der Waals surface area contributed by atoms with Crippen molar-refractivity contribution in [3.63, 3.8) is 0 Å². The molecule has 3 atom stereocenters. The number of rotatable bonds is 1. The number of hydrogen-bond donors (Lipinski definition) is 1. The summed E-state index contributed by atoms with van der Waals surface area (Å²) < 4.78 is 0. The van der Waals surface area contributed by atoms with Crippen LogP contribution in [0.2, 0.25) is 0 Å². The first-order chi connectivity index (χ1) is 6.36. The van der Waals surface area contributed by atoms with Gasteiger partial charge in [-0.05, 0) is 18.3 Å². The third-order valence-corrected chi connectivity index (χ3v) is 3.27. The van der Waals surface area contributed by atoms with E-state index in [4.69, 9.17) is 5.26 Å². The van der Waals surface area contributed by atoms with Crippen molar-refractivity contribution in [1.82, 2.24) is 10.2 Å². The second kappa shape index (κ2) is 2.02. The van der Waals surface area contributed by atoms with E-state index in [1.165, 1.54) is 0 Å². The maximum Gasteiger partial charge on any atom is 0.138 e. The largest absolute Gasteiger partial charge is 0.267 e. The molecule has 2 aliphatic carbocycles. The van der Waals surface area contributed by atoms with Crippen molar-refractivity contribution in [1.29, 1.82) is 5.26 Å². The first-order valence-electron chi connectivity index (χ1n) is 4.46. The second-order valence-corrected chi connectivity index (χ2v) is 3.78. The zero-order valence-electron chi connectivity index (χ0n) is 7.12. The second-order valence-electron chi connectivity index (χ2n) is 3.78. The summed E-state index contributed by atoms with van der Waals surface area (Å²) in [6, 6.07) is 2.14. The lowest BCUT2D eigenvalue weighted by atomic mass is 10.1. The van der Waals surface area contributed by atoms with Gasteiger partial charge >= 0.3 is 0 Å². The molecule has 1 aromatic rings. The average molecular weight is 171 g/mol. The molecule has 3 rings (SSSR count). The van der Waals surface area contributed by atoms with Crippen LogP contribution in [0.5, 0.6) is 0 Å². The zero-order valence-corrected chi connectivity index (χ0v) is 7.12. The maximum atomic E-state index is 8.77. The fourth-order valence-corrected chi connectivity index (χ4v) is 2.56. The molecule has 2 aliphatic rings. The monoisotopic (exact) mass is 171 g/mol. The maximum absolute atomic E-state index is 8.77. The molecule has 0 radical (unpaired) electrons. The molecule has 64 valence electrons. The van der Waals surface area contributed by atoms with Crippen LogP contribution in [0.4, 0.5) is 0 Å². The first-order valence-corrected chi connectivity index (χ1v) is 4.46. The van der Waals surface area contributed by atoms with Crippen LogP contribution in [0.15, 0.2) is 12.7 Å². The molecule has 3 unspecified atom stereocenters. The summed E-state index contributed by atoms with van der Waals surface area (Å²) >= 11 is 0. The van der Waals surface area contributed by atoms with E-state index < -0.39 is 0 Å². The molecule has 1 N–H and O–H groups in total. The Hall–Kier alpha value is -1.56. The molecule has 0 aliphatic heterocycles. The Morgan fingerprint density at radius 3 is 3.23 bits per heavy atom. The number of nitrogens with zero attached hydrogens (tertiary/aromatic N) is 2. The summed E-state index contributed by atoms with van der Waals surface area (Å²) in [6.07, 6.45) is 3.02. The van der Waals surface area contributed by atoms with Crippen molar-refractivity contribution in [3.05, 3.63) is 29.6 Å². The van der Waals surface area contributed by atoms with E-state index >= 15 is 0 Å². The van der Waals surface area contributed by atoms with Crippen LogP contribution in [0, 0.1) is 23.2 Å². The van der Waals surface area contributed by atoms with Crippen LogP contribution in [0.1, 0.15) is 22.9 Å². The first kappa shape index (κ1) is 6.90. The molecule has 0 bridgehead atoms. The molecule has 3 heteroatoms. The van der Waals surface area contributed by atoms with Gasteiger partial charge in [0, 0.05) is 11.5 Å². The summed E-state index contributed by atoms with van der Waals surface area (Å²) in [5, 5.41) is 15.7. The van der Waals surface area contributed by atoms with Gasteiger partial charge in [-0.25, -0.2) is 0 Å². The van der Waals surface area contributed by atoms with E-state index in [0.29, 0.717) is 23.4 Å². The molecule has 1 saturated carbocycles. The molecule has 0 spiro atoms. The van der Waals surface area contributed by atoms with Crippen LogP contribution < -0.4 is 0 Å². The van der Waals surface area contributed by atoms with Gasteiger partial charge in [-0.15, -0.1) is 6.58 Å². The minimum absolute atomic E-state index is 0.561. The van der Waals surface area contributed by atoms with Gasteiger partial charge in [0.15, 0.2) is 0 Å². The van der Waals surface area contributed by atoms with Gasteiger partial charge in [-0.2, -0.15) is 10.4 Å². The van der Waals surface area contributed by atoms with Crippen molar-refractivity contribution < 1.29 is 0 Å². The van der Waals surface area contributed by atoms with Gasteiger partial charge in [0.05, 0.1) is 5.69 Å². The van der Waals surface area contributed by atoms with Crippen LogP contribution in [-0.2, 0) is 6.42 Å². The van der Waals surface area contributed by atoms with Crippen molar-refractivity contribution in [2.24, 2.45) is 11.8 Å². The molecule has 3 nitrogen and oxygen atoms in total. The molecular weight excluding hydrogens is 162 g/mol. The molecule has 0 saturated heterocycles. The normalized spacial score (nSPS) is 33.3. The van der Waals surface area contributed by atoms with E-state index in [-0.39, 0.29) is 0 Å². The third kappa shape index (κ3) is 0.665. The molecule has 13 heavy (non-hydrogen) atoms. The van der Waals surface area contributed by atoms with Crippen LogP contribution in [-0.4, -0.2) is 10.2 Å². The molecular formula is C10H9N3. The van der Waals surface area contributed by atoms with Crippen molar-refractivity contribution in [3.8, 4) is 6.07 Å². The summed E-state index contributed by atoms with van der Waals surface area (Å²) in [5.74, 6) is 1.87. The van der Waals surface area contributed by atoms with Gasteiger partial charge in [-0.1, -0.05) is 6.08 Å². The Balaban J connectivity index is 2.06. The van der Waals surface area contributed by atoms with Gasteiger partial charge in [0.1, 0.15) is 11.8 Å². The number of allylic oxidation sites excluding steroid dienone is 1. The van der Waals surface area contributed by atoms with Gasteiger partial charge < -0.3 is 0 Å². The Morgan fingerprint density at radius 2 is 2.54 bits per heavy atom. The summed E-state index contributed by atoms with van der Waals surface area (Å²) in [6.45, 7) is 3.80. The predicted octanol–water partition coefficient (Wildman–Crippen LogP) is 1.35. The number of H-pyrrole nitrogens is 1. The fourth-order valence-electron chi connectivity index (χ4n) is 2.56. The van der Waals surface area contributed by atoms with Gasteiger partial charge in [-0.3, -0.25) is 5.10 Å². The highest BCUT2D eigenvalue weighted by molar-refractivity contribution is 5.46. The van der Waals surface area contributed by atoms with E-state index in [2.05, 4.69) is 22.8 Å². The van der Waals surface area contributed by atoms with Gasteiger partial charge in [0.25, 0.3) is 0 Å². The predicted molar refractivity (Wildman–Crippen MR) is 46.9 cm³/mol. The van der Waals surface area contributed by atoms with Crippen LogP contribution in [0.3, 0.4) is 0 Å². The Kier molecular flexibility index (Phi) is 1.07. The van der Waals surface area contributed by atoms with Crippen LogP contribution in [0.25, 0.3) is 0 Å². The van der Waals surface area contributed by atoms with E-state index in [0.717, 1.165) is 17.7 Å². The highest BCUT2D eigenvalue weighted by Crippen LogP contribution is 2.61. The van der Waals surface area contributed by atoms with Crippen molar-refractivity contribution in [2.75, 3.05) is 0 Å². The Morgan fingerprint density at radius 1 is 1.69 bits per heavy atom. The minimum Gasteiger partial charge on any atom is -0.267 e. The topological polar surface area (TPSA) is 52.5 Å². The highest BCUT2D eigenvalue weighted by atomic mass is 15.1. The summed E-state index contributed by atoms with van der Waals surface area (Å²) in [4.78, 5) is 0.